The molecule has 0 radical (unpaired) electrons. The zero-order valence-corrected chi connectivity index (χ0v) is 61.2. The van der Waals surface area contributed by atoms with E-state index < -0.39 is 64.7 Å². The van der Waals surface area contributed by atoms with Gasteiger partial charge in [0.05, 0.1) is 29.5 Å². The molecule has 0 saturated heterocycles. The fraction of sp³-hybridized carbons (Fsp3) is 0.226. The van der Waals surface area contributed by atoms with E-state index in [9.17, 15) is 62.5 Å². The molecule has 88 heavy (non-hydrogen) atoms. The molecule has 17 nitrogen and oxygen atoms in total. The molecule has 0 aromatic heterocycles. The van der Waals surface area contributed by atoms with E-state index in [2.05, 4.69) is 0 Å². The minimum absolute atomic E-state index is 0. The van der Waals surface area contributed by atoms with Crippen LogP contribution in [0.3, 0.4) is 0 Å². The summed E-state index contributed by atoms with van der Waals surface area (Å²) in [5.41, 5.74) is 0. The van der Waals surface area contributed by atoms with Crippen LogP contribution in [0, 0.1) is 0 Å². The summed E-state index contributed by atoms with van der Waals surface area (Å²) >= 11 is 0. The Hall–Kier alpha value is -2.79. The molecule has 0 unspecified atom stereocenters. The van der Waals surface area contributed by atoms with Gasteiger partial charge in [-0.1, -0.05) is 298 Å². The maximum absolute atomic E-state index is 12.1. The maximum atomic E-state index is 12.1. The standard InChI is InChI=1S/4C12H11O2P.4C3H7O.C2H6OS.4O.4Ti/c4*13-15(14,11-7-3-1-4-8-11)12-9-5-2-6-10-12;4*1-3(2)4;1-4(2)3;;;;;;;;/h4*1-10H,(H,13,14);4*3H,1-2H3;1-2H3;;;;;;;;/q;;;;4*-1;;4*-2;4*+4/p-4. The average Bonchev–Trinajstić information content (AvgIpc) is 3.43. The second-order valence-electron chi connectivity index (χ2n) is 17.8. The van der Waals surface area contributed by atoms with Crippen molar-refractivity contribution in [3.05, 3.63) is 243 Å². The van der Waals surface area contributed by atoms with Crippen molar-refractivity contribution in [2.24, 2.45) is 0 Å². The van der Waals surface area contributed by atoms with Crippen molar-refractivity contribution in [1.82, 2.24) is 0 Å². The Morgan fingerprint density at radius 3 is 0.364 bits per heavy atom. The summed E-state index contributed by atoms with van der Waals surface area (Å²) in [4.78, 5) is 48.2. The van der Waals surface area contributed by atoms with Crippen LogP contribution in [0.15, 0.2) is 243 Å². The van der Waals surface area contributed by atoms with E-state index in [1.54, 1.807) is 311 Å². The molecule has 0 atom stereocenters. The first kappa shape index (κ1) is 104. The van der Waals surface area contributed by atoms with E-state index >= 15 is 0 Å². The number of hydrogen-bond acceptors (Lipinski definition) is 13. The van der Waals surface area contributed by atoms with Gasteiger partial charge in [-0.25, -0.2) is 0 Å². The number of hydrogen-bond donors (Lipinski definition) is 0. The predicted octanol–water partition coefficient (Wildman–Crippen LogP) is 3.63. The summed E-state index contributed by atoms with van der Waals surface area (Å²) in [6.07, 6.45) is 1.61. The Labute approximate surface area is 583 Å². The van der Waals surface area contributed by atoms with Gasteiger partial charge in [-0.3, -0.25) is 4.21 Å². The third-order valence-electron chi connectivity index (χ3n) is 8.77. The van der Waals surface area contributed by atoms with Crippen molar-refractivity contribution in [2.45, 2.75) is 79.8 Å². The molecule has 466 valence electrons. The molecule has 0 amide bonds. The molecular formula is C62H74O17P4STi4. The van der Waals surface area contributed by atoms with Crippen LogP contribution in [-0.2, 0) is 138 Å². The third-order valence-corrected chi connectivity index (χ3v) is 16.6. The van der Waals surface area contributed by atoms with Crippen molar-refractivity contribution in [1.29, 1.82) is 0 Å². The van der Waals surface area contributed by atoms with Crippen LogP contribution in [0.4, 0.5) is 0 Å². The molecule has 8 aromatic carbocycles. The minimum Gasteiger partial charge on any atom is -2.00 e. The van der Waals surface area contributed by atoms with Crippen LogP contribution in [-0.4, -0.2) is 41.1 Å². The molecule has 0 aliphatic heterocycles. The van der Waals surface area contributed by atoms with Crippen molar-refractivity contribution in [3.63, 3.8) is 0 Å². The summed E-state index contributed by atoms with van der Waals surface area (Å²) in [7, 11) is -15.2. The molecule has 26 heteroatoms. The van der Waals surface area contributed by atoms with E-state index in [0.29, 0.717) is 42.4 Å². The van der Waals surface area contributed by atoms with E-state index in [1.807, 2.05) is 0 Å². The first-order valence-electron chi connectivity index (χ1n) is 25.1. The summed E-state index contributed by atoms with van der Waals surface area (Å²) < 4.78 is 57.8. The second-order valence-corrected chi connectivity index (χ2v) is 27.9. The molecule has 0 bridgehead atoms. The van der Waals surface area contributed by atoms with Crippen LogP contribution in [0.5, 0.6) is 0 Å². The molecule has 8 aromatic rings. The van der Waals surface area contributed by atoms with E-state index in [0.717, 1.165) is 0 Å². The molecule has 0 heterocycles. The molecule has 0 aliphatic rings. The van der Waals surface area contributed by atoms with Gasteiger partial charge in [-0.15, -0.1) is 24.4 Å². The Bertz CT molecular complexity index is 2460. The number of rotatable bonds is 8. The average molecular weight is 1440 g/mol. The molecule has 0 fully saturated rings. The molecule has 0 saturated carbocycles. The molecular weight excluding hydrogens is 1360 g/mol. The smallest absolute Gasteiger partial charge is 2.00 e. The van der Waals surface area contributed by atoms with Crippen LogP contribution < -0.4 is 82.4 Å². The molecule has 0 N–H and O–H groups in total. The van der Waals surface area contributed by atoms with Gasteiger partial charge in [0, 0.05) is 65.7 Å². The zero-order valence-electron chi connectivity index (χ0n) is 50.5. The normalized spacial score (nSPS) is 9.72. The van der Waals surface area contributed by atoms with E-state index in [-0.39, 0.29) is 109 Å². The van der Waals surface area contributed by atoms with Gasteiger partial charge in [0.25, 0.3) is 0 Å². The van der Waals surface area contributed by atoms with Crippen molar-refractivity contribution >= 4 is 82.7 Å². The molecule has 0 aliphatic carbocycles. The predicted molar refractivity (Wildman–Crippen MR) is 322 cm³/mol. The minimum atomic E-state index is -3.65. The first-order chi connectivity index (χ1) is 37.5. The van der Waals surface area contributed by atoms with Crippen molar-refractivity contribution in [2.75, 3.05) is 12.5 Å². The fourth-order valence-electron chi connectivity index (χ4n) is 5.59. The molecule has 0 spiro atoms. The van der Waals surface area contributed by atoms with Gasteiger partial charge < -0.3 is 80.2 Å². The molecule has 8 rings (SSSR count). The summed E-state index contributed by atoms with van der Waals surface area (Å²) in [5.74, 6) is 0. The quantitative estimate of drug-likeness (QED) is 0.155. The van der Waals surface area contributed by atoms with Crippen LogP contribution in [0.25, 0.3) is 0 Å². The van der Waals surface area contributed by atoms with Gasteiger partial charge >= 0.3 is 86.9 Å². The first-order valence-corrected chi connectivity index (χ1v) is 33.5. The Balaban J connectivity index is -0.000000119. The third kappa shape index (κ3) is 47.1. The van der Waals surface area contributed by atoms with Gasteiger partial charge in [0.15, 0.2) is 0 Å². The van der Waals surface area contributed by atoms with Crippen molar-refractivity contribution < 1.29 is 171 Å². The summed E-state index contributed by atoms with van der Waals surface area (Å²) in [5, 5.41) is 41.0. The van der Waals surface area contributed by atoms with Gasteiger partial charge in [0.1, 0.15) is 0 Å². The van der Waals surface area contributed by atoms with Crippen LogP contribution >= 0.6 is 29.5 Å². The van der Waals surface area contributed by atoms with Gasteiger partial charge in [-0.05, 0) is 0 Å². The largest absolute Gasteiger partial charge is 4.00 e. The Morgan fingerprint density at radius 1 is 0.250 bits per heavy atom. The fourth-order valence-corrected chi connectivity index (χ4v) is 11.3. The second kappa shape index (κ2) is 58.1. The van der Waals surface area contributed by atoms with Gasteiger partial charge in [0.2, 0.25) is 0 Å². The SMILES string of the molecule is CC(C)[O-].CC(C)[O-].CC(C)[O-].CC(C)[O-].CS(C)=O.O=P([O-])(c1ccccc1)c1ccccc1.O=P([O-])(c1ccccc1)c1ccccc1.O=P([O-])(c1ccccc1)c1ccccc1.O=P([O-])(c1ccccc1)c1ccccc1.[O-2].[O-2].[O-2].[O-2].[Ti+4].[Ti+4].[Ti+4].[Ti+4]. The topological polar surface area (TPSA) is 384 Å². The number of benzene rings is 8. The summed E-state index contributed by atoms with van der Waals surface area (Å²) in [6, 6.07) is 67.8. The van der Waals surface area contributed by atoms with Crippen LogP contribution in [0.1, 0.15) is 55.4 Å². The van der Waals surface area contributed by atoms with E-state index in [4.69, 9.17) is 0 Å². The Kier molecular flexibility index (Phi) is 68.6. The zero-order chi connectivity index (χ0) is 60.8. The summed E-state index contributed by atoms with van der Waals surface area (Å²) in [6.45, 7) is 12.9. The monoisotopic (exact) mass is 1440 g/mol. The van der Waals surface area contributed by atoms with Gasteiger partial charge in [-0.2, -0.15) is 0 Å². The Morgan fingerprint density at radius 2 is 0.307 bits per heavy atom. The van der Waals surface area contributed by atoms with Crippen molar-refractivity contribution in [3.8, 4) is 0 Å². The van der Waals surface area contributed by atoms with Crippen LogP contribution in [0.2, 0.25) is 0 Å². The van der Waals surface area contributed by atoms with E-state index in [1.165, 1.54) is 0 Å². The maximum Gasteiger partial charge on any atom is 4.00 e.